The van der Waals surface area contributed by atoms with E-state index >= 15 is 0 Å². The van der Waals surface area contributed by atoms with Gasteiger partial charge in [-0.2, -0.15) is 4.31 Å². The molecule has 1 N–H and O–H groups in total. The van der Waals surface area contributed by atoms with Crippen molar-refractivity contribution in [1.82, 2.24) is 4.31 Å². The van der Waals surface area contributed by atoms with E-state index in [0.29, 0.717) is 6.42 Å². The lowest BCUT2D eigenvalue weighted by atomic mass is 10.2. The van der Waals surface area contributed by atoms with Gasteiger partial charge in [-0.1, -0.05) is 0 Å². The van der Waals surface area contributed by atoms with Crippen molar-refractivity contribution in [2.75, 3.05) is 13.7 Å². The molecule has 2 heterocycles. The number of carboxylic acids is 1. The molecule has 0 aromatic carbocycles. The van der Waals surface area contributed by atoms with Crippen LogP contribution < -0.4 is 0 Å². The van der Waals surface area contributed by atoms with Crippen LogP contribution in [-0.4, -0.2) is 49.5 Å². The highest BCUT2D eigenvalue weighted by Gasteiger charge is 2.41. The zero-order valence-corrected chi connectivity index (χ0v) is 12.3. The number of ether oxygens (including phenoxy) is 1. The SMILES string of the molecule is COC(=O)c1cc(S(=O)(=O)N2CCCC2C(=O)O)oc1C. The number of esters is 1. The van der Waals surface area contributed by atoms with Crippen LogP contribution in [0.1, 0.15) is 29.0 Å². The van der Waals surface area contributed by atoms with Gasteiger partial charge in [-0.25, -0.2) is 13.2 Å². The van der Waals surface area contributed by atoms with E-state index in [4.69, 9.17) is 9.52 Å². The van der Waals surface area contributed by atoms with Crippen LogP contribution in [0.25, 0.3) is 0 Å². The molecule has 1 aliphatic heterocycles. The van der Waals surface area contributed by atoms with Crippen molar-refractivity contribution in [3.8, 4) is 0 Å². The number of aryl methyl sites for hydroxylation is 1. The monoisotopic (exact) mass is 317 g/mol. The molecule has 116 valence electrons. The van der Waals surface area contributed by atoms with Crippen LogP contribution in [0.2, 0.25) is 0 Å². The predicted molar refractivity (Wildman–Crippen MR) is 69.3 cm³/mol. The van der Waals surface area contributed by atoms with Crippen LogP contribution in [0.15, 0.2) is 15.6 Å². The molecule has 1 aliphatic rings. The Hall–Kier alpha value is -1.87. The van der Waals surface area contributed by atoms with Gasteiger partial charge in [0, 0.05) is 12.6 Å². The number of rotatable bonds is 4. The standard InChI is InChI=1S/C12H15NO7S/c1-7-8(12(16)19-2)6-10(20-7)21(17,18)13-5-3-4-9(13)11(14)15/h6,9H,3-5H2,1-2H3,(H,14,15). The minimum atomic E-state index is -4.10. The van der Waals surface area contributed by atoms with Crippen LogP contribution in [0.5, 0.6) is 0 Å². The van der Waals surface area contributed by atoms with Gasteiger partial charge in [0.05, 0.1) is 7.11 Å². The van der Waals surface area contributed by atoms with E-state index in [2.05, 4.69) is 4.74 Å². The van der Waals surface area contributed by atoms with E-state index in [0.717, 1.165) is 10.4 Å². The molecule has 8 nitrogen and oxygen atoms in total. The molecule has 1 saturated heterocycles. The van der Waals surface area contributed by atoms with Gasteiger partial charge in [-0.05, 0) is 19.8 Å². The van der Waals surface area contributed by atoms with Gasteiger partial charge in [0.1, 0.15) is 17.4 Å². The second-order valence-electron chi connectivity index (χ2n) is 4.64. The van der Waals surface area contributed by atoms with Crippen LogP contribution in [0, 0.1) is 6.92 Å². The van der Waals surface area contributed by atoms with Gasteiger partial charge in [0.15, 0.2) is 0 Å². The lowest BCUT2D eigenvalue weighted by Crippen LogP contribution is -2.40. The van der Waals surface area contributed by atoms with Crippen molar-refractivity contribution in [1.29, 1.82) is 0 Å². The molecule has 1 atom stereocenters. The molecule has 1 unspecified atom stereocenters. The van der Waals surface area contributed by atoms with Gasteiger partial charge < -0.3 is 14.3 Å². The maximum atomic E-state index is 12.4. The van der Waals surface area contributed by atoms with Crippen molar-refractivity contribution in [3.63, 3.8) is 0 Å². The number of carboxylic acid groups (broad SMARTS) is 1. The number of methoxy groups -OCH3 is 1. The van der Waals surface area contributed by atoms with E-state index in [1.807, 2.05) is 0 Å². The molecule has 0 saturated carbocycles. The largest absolute Gasteiger partial charge is 0.480 e. The number of aliphatic carboxylic acids is 1. The number of sulfonamides is 1. The Bertz CT molecular complexity index is 676. The first-order chi connectivity index (χ1) is 9.78. The Labute approximate surface area is 121 Å². The molecule has 1 aromatic heterocycles. The average Bonchev–Trinajstić information content (AvgIpc) is 3.04. The minimum Gasteiger partial charge on any atom is -0.480 e. The first-order valence-corrected chi connectivity index (χ1v) is 7.66. The second-order valence-corrected chi connectivity index (χ2v) is 6.46. The van der Waals surface area contributed by atoms with E-state index in [-0.39, 0.29) is 24.3 Å². The van der Waals surface area contributed by atoms with Gasteiger partial charge in [0.2, 0.25) is 5.09 Å². The van der Waals surface area contributed by atoms with Gasteiger partial charge in [-0.3, -0.25) is 4.79 Å². The van der Waals surface area contributed by atoms with Crippen LogP contribution in [-0.2, 0) is 19.6 Å². The highest BCUT2D eigenvalue weighted by Crippen LogP contribution is 2.29. The Balaban J connectivity index is 2.41. The number of hydrogen-bond donors (Lipinski definition) is 1. The topological polar surface area (TPSA) is 114 Å². The maximum absolute atomic E-state index is 12.4. The molecule has 1 fully saturated rings. The molecule has 0 radical (unpaired) electrons. The molecule has 2 rings (SSSR count). The van der Waals surface area contributed by atoms with Crippen molar-refractivity contribution in [2.24, 2.45) is 0 Å². The molecular formula is C12H15NO7S. The summed E-state index contributed by atoms with van der Waals surface area (Å²) in [7, 11) is -2.93. The lowest BCUT2D eigenvalue weighted by Gasteiger charge is -2.19. The molecular weight excluding hydrogens is 302 g/mol. The number of hydrogen-bond acceptors (Lipinski definition) is 6. The number of carbonyl (C=O) groups is 2. The molecule has 0 amide bonds. The fourth-order valence-corrected chi connectivity index (χ4v) is 3.91. The summed E-state index contributed by atoms with van der Waals surface area (Å²) >= 11 is 0. The summed E-state index contributed by atoms with van der Waals surface area (Å²) in [6.45, 7) is 1.54. The van der Waals surface area contributed by atoms with Crippen LogP contribution in [0.4, 0.5) is 0 Å². The van der Waals surface area contributed by atoms with E-state index in [1.165, 1.54) is 14.0 Å². The zero-order valence-electron chi connectivity index (χ0n) is 11.5. The third-order valence-electron chi connectivity index (χ3n) is 3.35. The third kappa shape index (κ3) is 2.66. The molecule has 21 heavy (non-hydrogen) atoms. The van der Waals surface area contributed by atoms with Crippen LogP contribution in [0.3, 0.4) is 0 Å². The third-order valence-corrected chi connectivity index (χ3v) is 5.12. The summed E-state index contributed by atoms with van der Waals surface area (Å²) in [5.74, 6) is -1.81. The highest BCUT2D eigenvalue weighted by molar-refractivity contribution is 7.89. The normalized spacial score (nSPS) is 19.6. The summed E-state index contributed by atoms with van der Waals surface area (Å²) in [6, 6.07) is -0.0461. The first-order valence-electron chi connectivity index (χ1n) is 6.22. The average molecular weight is 317 g/mol. The zero-order chi connectivity index (χ0) is 15.8. The molecule has 1 aromatic rings. The van der Waals surface area contributed by atoms with E-state index in [9.17, 15) is 18.0 Å². The van der Waals surface area contributed by atoms with Gasteiger partial charge in [-0.15, -0.1) is 0 Å². The van der Waals surface area contributed by atoms with Gasteiger partial charge in [0.25, 0.3) is 10.0 Å². The highest BCUT2D eigenvalue weighted by atomic mass is 32.2. The summed E-state index contributed by atoms with van der Waals surface area (Å²) < 4.78 is 35.4. The van der Waals surface area contributed by atoms with Crippen molar-refractivity contribution >= 4 is 22.0 Å². The van der Waals surface area contributed by atoms with E-state index in [1.54, 1.807) is 0 Å². The maximum Gasteiger partial charge on any atom is 0.341 e. The summed E-state index contributed by atoms with van der Waals surface area (Å²) in [5, 5.41) is 8.62. The summed E-state index contributed by atoms with van der Waals surface area (Å²) in [6.07, 6.45) is 0.706. The Morgan fingerprint density at radius 1 is 1.48 bits per heavy atom. The number of nitrogens with zero attached hydrogens (tertiary/aromatic N) is 1. The van der Waals surface area contributed by atoms with Crippen molar-refractivity contribution in [3.05, 3.63) is 17.4 Å². The molecule has 0 spiro atoms. The first kappa shape index (κ1) is 15.5. The molecule has 0 bridgehead atoms. The fourth-order valence-electron chi connectivity index (χ4n) is 2.28. The van der Waals surface area contributed by atoms with Crippen LogP contribution >= 0.6 is 0 Å². The van der Waals surface area contributed by atoms with E-state index < -0.39 is 33.1 Å². The predicted octanol–water partition coefficient (Wildman–Crippen LogP) is 0.612. The number of furan rings is 1. The van der Waals surface area contributed by atoms with Crippen molar-refractivity contribution < 1.29 is 32.3 Å². The van der Waals surface area contributed by atoms with Crippen molar-refractivity contribution in [2.45, 2.75) is 30.9 Å². The fraction of sp³-hybridized carbons (Fsp3) is 0.500. The minimum absolute atomic E-state index is 0.00199. The van der Waals surface area contributed by atoms with Gasteiger partial charge >= 0.3 is 11.9 Å². The molecule has 9 heteroatoms. The second kappa shape index (κ2) is 5.49. The summed E-state index contributed by atoms with van der Waals surface area (Å²) in [4.78, 5) is 22.6. The Kier molecular flexibility index (Phi) is 4.06. The Morgan fingerprint density at radius 3 is 2.71 bits per heavy atom. The molecule has 0 aliphatic carbocycles. The summed E-state index contributed by atoms with van der Waals surface area (Å²) in [5.41, 5.74) is 0.00199. The Morgan fingerprint density at radius 2 is 2.14 bits per heavy atom. The quantitative estimate of drug-likeness (QED) is 0.809. The number of carbonyl (C=O) groups excluding carboxylic acids is 1. The smallest absolute Gasteiger partial charge is 0.341 e. The lowest BCUT2D eigenvalue weighted by molar-refractivity contribution is -0.140.